The highest BCUT2D eigenvalue weighted by Gasteiger charge is 2.09. The lowest BCUT2D eigenvalue weighted by Gasteiger charge is -2.08. The predicted molar refractivity (Wildman–Crippen MR) is 70.4 cm³/mol. The summed E-state index contributed by atoms with van der Waals surface area (Å²) < 4.78 is 0. The number of rotatable bonds is 4. The second-order valence-corrected chi connectivity index (χ2v) is 4.64. The molecular formula is C12H10ClNO2S. The van der Waals surface area contributed by atoms with Crippen molar-refractivity contribution in [2.75, 3.05) is 5.32 Å². The van der Waals surface area contributed by atoms with Crippen LogP contribution in [-0.4, -0.2) is 11.1 Å². The van der Waals surface area contributed by atoms with Crippen molar-refractivity contribution in [3.8, 4) is 0 Å². The Morgan fingerprint density at radius 3 is 2.76 bits per heavy atom. The Balaban J connectivity index is 2.22. The van der Waals surface area contributed by atoms with Crippen LogP contribution in [0.3, 0.4) is 0 Å². The summed E-state index contributed by atoms with van der Waals surface area (Å²) >= 11 is 7.49. The first-order valence-electron chi connectivity index (χ1n) is 4.95. The average molecular weight is 268 g/mol. The number of carboxylic acids is 1. The lowest BCUT2D eigenvalue weighted by Crippen LogP contribution is -2.01. The predicted octanol–water partition coefficient (Wildman–Crippen LogP) is 3.77. The summed E-state index contributed by atoms with van der Waals surface area (Å²) in [5.74, 6) is -0.842. The molecule has 0 aliphatic heterocycles. The molecule has 88 valence electrons. The number of hydrogen-bond donors (Lipinski definition) is 2. The van der Waals surface area contributed by atoms with Gasteiger partial charge in [-0.15, -0.1) is 11.3 Å². The topological polar surface area (TPSA) is 49.3 Å². The van der Waals surface area contributed by atoms with Gasteiger partial charge in [0.2, 0.25) is 0 Å². The normalized spacial score (nSPS) is 10.2. The van der Waals surface area contributed by atoms with Gasteiger partial charge in [0.25, 0.3) is 0 Å². The maximum atomic E-state index is 10.7. The van der Waals surface area contributed by atoms with Crippen LogP contribution in [0.1, 0.15) is 5.56 Å². The molecule has 0 saturated carbocycles. The zero-order valence-electron chi connectivity index (χ0n) is 8.81. The molecule has 0 bridgehead atoms. The van der Waals surface area contributed by atoms with Gasteiger partial charge >= 0.3 is 5.97 Å². The molecule has 0 amide bonds. The van der Waals surface area contributed by atoms with Crippen LogP contribution in [0.5, 0.6) is 0 Å². The molecule has 1 aromatic carbocycles. The monoisotopic (exact) mass is 267 g/mol. The standard InChI is InChI=1S/C12H10ClNO2S/c13-9-3-1-2-4-10(9)14-11-7-17-6-8(11)5-12(15)16/h1-4,6-7,14H,5H2,(H,15,16). The van der Waals surface area contributed by atoms with E-state index in [2.05, 4.69) is 5.32 Å². The Morgan fingerprint density at radius 1 is 1.29 bits per heavy atom. The lowest BCUT2D eigenvalue weighted by atomic mass is 10.2. The molecule has 0 fully saturated rings. The quantitative estimate of drug-likeness (QED) is 0.886. The molecule has 2 rings (SSSR count). The van der Waals surface area contributed by atoms with E-state index in [0.717, 1.165) is 16.9 Å². The number of para-hydroxylation sites is 1. The van der Waals surface area contributed by atoms with E-state index in [-0.39, 0.29) is 6.42 Å². The van der Waals surface area contributed by atoms with Gasteiger partial charge in [0.05, 0.1) is 22.8 Å². The SMILES string of the molecule is O=C(O)Cc1cscc1Nc1ccccc1Cl. The third-order valence-corrected chi connectivity index (χ3v) is 3.35. The molecule has 1 aromatic heterocycles. The number of halogens is 1. The number of hydrogen-bond acceptors (Lipinski definition) is 3. The molecule has 0 saturated heterocycles. The number of thiophene rings is 1. The van der Waals surface area contributed by atoms with Crippen LogP contribution < -0.4 is 5.32 Å². The summed E-state index contributed by atoms with van der Waals surface area (Å²) in [4.78, 5) is 10.7. The Kier molecular flexibility index (Phi) is 3.66. The maximum absolute atomic E-state index is 10.7. The highest BCUT2D eigenvalue weighted by atomic mass is 35.5. The lowest BCUT2D eigenvalue weighted by molar-refractivity contribution is -0.136. The van der Waals surface area contributed by atoms with Gasteiger partial charge in [-0.05, 0) is 23.1 Å². The van der Waals surface area contributed by atoms with E-state index in [1.165, 1.54) is 11.3 Å². The Morgan fingerprint density at radius 2 is 2.06 bits per heavy atom. The first-order chi connectivity index (χ1) is 8.16. The van der Waals surface area contributed by atoms with Crippen molar-refractivity contribution in [2.24, 2.45) is 0 Å². The van der Waals surface area contributed by atoms with Crippen LogP contribution in [0.2, 0.25) is 5.02 Å². The van der Waals surface area contributed by atoms with E-state index >= 15 is 0 Å². The van der Waals surface area contributed by atoms with E-state index in [0.29, 0.717) is 5.02 Å². The number of nitrogens with one attached hydrogen (secondary N) is 1. The summed E-state index contributed by atoms with van der Waals surface area (Å²) in [5, 5.41) is 16.2. The van der Waals surface area contributed by atoms with Gasteiger partial charge in [-0.2, -0.15) is 0 Å². The number of benzene rings is 1. The van der Waals surface area contributed by atoms with Gasteiger partial charge in [-0.3, -0.25) is 4.79 Å². The van der Waals surface area contributed by atoms with Crippen LogP contribution in [0, 0.1) is 0 Å². The van der Waals surface area contributed by atoms with Crippen LogP contribution >= 0.6 is 22.9 Å². The fraction of sp³-hybridized carbons (Fsp3) is 0.0833. The molecule has 3 nitrogen and oxygen atoms in total. The van der Waals surface area contributed by atoms with E-state index in [1.807, 2.05) is 29.0 Å². The van der Waals surface area contributed by atoms with Crippen molar-refractivity contribution < 1.29 is 9.90 Å². The van der Waals surface area contributed by atoms with Gasteiger partial charge in [0.1, 0.15) is 0 Å². The van der Waals surface area contributed by atoms with Crippen molar-refractivity contribution in [1.82, 2.24) is 0 Å². The fourth-order valence-electron chi connectivity index (χ4n) is 1.44. The molecule has 0 unspecified atom stereocenters. The Labute approximate surface area is 108 Å². The molecule has 17 heavy (non-hydrogen) atoms. The molecule has 1 heterocycles. The summed E-state index contributed by atoms with van der Waals surface area (Å²) in [5.41, 5.74) is 2.34. The summed E-state index contributed by atoms with van der Waals surface area (Å²) in [7, 11) is 0. The van der Waals surface area contributed by atoms with Gasteiger partial charge in [-0.1, -0.05) is 23.7 Å². The minimum atomic E-state index is -0.842. The van der Waals surface area contributed by atoms with Gasteiger partial charge in [-0.25, -0.2) is 0 Å². The molecule has 0 aliphatic rings. The smallest absolute Gasteiger partial charge is 0.307 e. The van der Waals surface area contributed by atoms with Gasteiger partial charge in [0, 0.05) is 5.38 Å². The molecule has 0 radical (unpaired) electrons. The number of carboxylic acid groups (broad SMARTS) is 1. The summed E-state index contributed by atoms with van der Waals surface area (Å²) in [6.45, 7) is 0. The van der Waals surface area contributed by atoms with Crippen LogP contribution in [-0.2, 0) is 11.2 Å². The molecule has 0 atom stereocenters. The third-order valence-electron chi connectivity index (χ3n) is 2.23. The van der Waals surface area contributed by atoms with Crippen LogP contribution in [0.4, 0.5) is 11.4 Å². The summed E-state index contributed by atoms with van der Waals surface area (Å²) in [6, 6.07) is 7.36. The molecule has 2 aromatic rings. The van der Waals surface area contributed by atoms with E-state index in [4.69, 9.17) is 16.7 Å². The van der Waals surface area contributed by atoms with Crippen molar-refractivity contribution in [3.05, 3.63) is 45.6 Å². The molecule has 0 aliphatic carbocycles. The zero-order chi connectivity index (χ0) is 12.3. The fourth-order valence-corrected chi connectivity index (χ4v) is 2.41. The first-order valence-corrected chi connectivity index (χ1v) is 6.27. The molecular weight excluding hydrogens is 258 g/mol. The number of anilines is 2. The number of aliphatic carboxylic acids is 1. The first kappa shape index (κ1) is 12.0. The van der Waals surface area contributed by atoms with Crippen molar-refractivity contribution in [2.45, 2.75) is 6.42 Å². The molecule has 0 spiro atoms. The van der Waals surface area contributed by atoms with Crippen molar-refractivity contribution >= 4 is 40.3 Å². The highest BCUT2D eigenvalue weighted by molar-refractivity contribution is 7.08. The van der Waals surface area contributed by atoms with Crippen molar-refractivity contribution in [3.63, 3.8) is 0 Å². The maximum Gasteiger partial charge on any atom is 0.307 e. The van der Waals surface area contributed by atoms with Crippen LogP contribution in [0.25, 0.3) is 0 Å². The third kappa shape index (κ3) is 2.99. The minimum Gasteiger partial charge on any atom is -0.481 e. The highest BCUT2D eigenvalue weighted by Crippen LogP contribution is 2.29. The second-order valence-electron chi connectivity index (χ2n) is 3.49. The zero-order valence-corrected chi connectivity index (χ0v) is 10.4. The van der Waals surface area contributed by atoms with Crippen LogP contribution in [0.15, 0.2) is 35.0 Å². The Bertz CT molecular complexity index is 539. The largest absolute Gasteiger partial charge is 0.481 e. The van der Waals surface area contributed by atoms with E-state index < -0.39 is 5.97 Å². The second kappa shape index (κ2) is 5.21. The van der Waals surface area contributed by atoms with E-state index in [9.17, 15) is 4.79 Å². The Hall–Kier alpha value is -1.52. The summed E-state index contributed by atoms with van der Waals surface area (Å²) in [6.07, 6.45) is 0.0102. The van der Waals surface area contributed by atoms with E-state index in [1.54, 1.807) is 6.07 Å². The average Bonchev–Trinajstić information content (AvgIpc) is 2.68. The van der Waals surface area contributed by atoms with Crippen molar-refractivity contribution in [1.29, 1.82) is 0 Å². The minimum absolute atomic E-state index is 0.0102. The number of carbonyl (C=O) groups is 1. The van der Waals surface area contributed by atoms with Gasteiger partial charge in [0.15, 0.2) is 0 Å². The van der Waals surface area contributed by atoms with Gasteiger partial charge < -0.3 is 10.4 Å². The molecule has 5 heteroatoms. The molecule has 2 N–H and O–H groups in total.